The van der Waals surface area contributed by atoms with Crippen LogP contribution in [-0.2, 0) is 19.8 Å². The highest BCUT2D eigenvalue weighted by atomic mass is 19.4. The van der Waals surface area contributed by atoms with E-state index in [0.717, 1.165) is 23.5 Å². The molecule has 0 saturated heterocycles. The van der Waals surface area contributed by atoms with Gasteiger partial charge in [-0.15, -0.1) is 0 Å². The van der Waals surface area contributed by atoms with Gasteiger partial charge in [-0.3, -0.25) is 9.48 Å². The molecule has 4 rings (SSSR count). The van der Waals surface area contributed by atoms with Gasteiger partial charge in [0.15, 0.2) is 11.3 Å². The van der Waals surface area contributed by atoms with Crippen LogP contribution in [0.25, 0.3) is 16.9 Å². The lowest BCUT2D eigenvalue weighted by Crippen LogP contribution is -2.27. The molecule has 4 aromatic rings. The average molecular weight is 456 g/mol. The molecule has 7 nitrogen and oxygen atoms in total. The number of amides is 1. The number of rotatable bonds is 5. The minimum atomic E-state index is -4.68. The van der Waals surface area contributed by atoms with Crippen molar-refractivity contribution < 1.29 is 18.0 Å². The molecule has 3 aromatic heterocycles. The van der Waals surface area contributed by atoms with Crippen LogP contribution in [-0.4, -0.2) is 42.2 Å². The molecule has 0 fully saturated rings. The number of hydrogen-bond donors (Lipinski definition) is 0. The van der Waals surface area contributed by atoms with Gasteiger partial charge in [0.25, 0.3) is 5.91 Å². The Morgan fingerprint density at radius 3 is 2.39 bits per heavy atom. The van der Waals surface area contributed by atoms with Crippen molar-refractivity contribution >= 4 is 11.6 Å². The summed E-state index contributed by atoms with van der Waals surface area (Å²) in [6, 6.07) is 9.92. The van der Waals surface area contributed by atoms with Crippen LogP contribution in [0.1, 0.15) is 47.1 Å². The number of alkyl halides is 3. The predicted octanol–water partition coefficient (Wildman–Crippen LogP) is 4.54. The smallest absolute Gasteiger partial charge is 0.336 e. The van der Waals surface area contributed by atoms with E-state index in [1.54, 1.807) is 43.2 Å². The molecule has 0 aliphatic heterocycles. The zero-order chi connectivity index (χ0) is 23.9. The maximum absolute atomic E-state index is 13.9. The highest BCUT2D eigenvalue weighted by molar-refractivity contribution is 5.99. The molecule has 0 N–H and O–H groups in total. The van der Waals surface area contributed by atoms with Crippen LogP contribution in [0, 0.1) is 0 Å². The first-order valence-corrected chi connectivity index (χ1v) is 10.3. The number of aryl methyl sites for hydroxylation is 1. The summed E-state index contributed by atoms with van der Waals surface area (Å²) in [6.07, 6.45) is -1.94. The first kappa shape index (κ1) is 22.5. The highest BCUT2D eigenvalue weighted by Gasteiger charge is 2.36. The molecule has 10 heteroatoms. The number of nitrogens with zero attached hydrogens (tertiary/aromatic N) is 6. The SMILES string of the molecule is CC(C)c1ccc(-c2cc(C(F)(F)F)n3ncc(C(=O)N(C)Cc4ccnn4C)c3n2)cc1. The van der Waals surface area contributed by atoms with Crippen molar-refractivity contribution in [2.75, 3.05) is 7.05 Å². The summed E-state index contributed by atoms with van der Waals surface area (Å²) in [5, 5.41) is 7.91. The van der Waals surface area contributed by atoms with E-state index in [1.807, 2.05) is 26.0 Å². The Balaban J connectivity index is 1.79. The summed E-state index contributed by atoms with van der Waals surface area (Å²) in [5.74, 6) is -0.201. The van der Waals surface area contributed by atoms with Crippen LogP contribution in [0.2, 0.25) is 0 Å². The number of carbonyl (C=O) groups is 1. The lowest BCUT2D eigenvalue weighted by atomic mass is 10.0. The zero-order valence-corrected chi connectivity index (χ0v) is 18.6. The van der Waals surface area contributed by atoms with E-state index < -0.39 is 17.8 Å². The Morgan fingerprint density at radius 1 is 1.12 bits per heavy atom. The van der Waals surface area contributed by atoms with E-state index >= 15 is 0 Å². The van der Waals surface area contributed by atoms with Crippen molar-refractivity contribution in [2.24, 2.45) is 7.05 Å². The quantitative estimate of drug-likeness (QED) is 0.442. The lowest BCUT2D eigenvalue weighted by molar-refractivity contribution is -0.142. The van der Waals surface area contributed by atoms with Gasteiger partial charge in [0.1, 0.15) is 5.56 Å². The molecular formula is C23H23F3N6O. The molecule has 0 aliphatic carbocycles. The molecule has 0 aliphatic rings. The normalized spacial score (nSPS) is 12.0. The Kier molecular flexibility index (Phi) is 5.69. The maximum atomic E-state index is 13.9. The van der Waals surface area contributed by atoms with E-state index in [-0.39, 0.29) is 29.4 Å². The topological polar surface area (TPSA) is 68.3 Å². The second-order valence-corrected chi connectivity index (χ2v) is 8.20. The Hall–Kier alpha value is -3.69. The van der Waals surface area contributed by atoms with Crippen LogP contribution < -0.4 is 0 Å². The van der Waals surface area contributed by atoms with Crippen molar-refractivity contribution in [1.29, 1.82) is 0 Å². The van der Waals surface area contributed by atoms with Crippen molar-refractivity contribution in [1.82, 2.24) is 29.3 Å². The molecule has 0 unspecified atom stereocenters. The van der Waals surface area contributed by atoms with Crippen LogP contribution in [0.3, 0.4) is 0 Å². The zero-order valence-electron chi connectivity index (χ0n) is 18.6. The van der Waals surface area contributed by atoms with Crippen molar-refractivity contribution in [3.8, 4) is 11.3 Å². The third-order valence-corrected chi connectivity index (χ3v) is 5.53. The Labute approximate surface area is 188 Å². The minimum Gasteiger partial charge on any atom is -0.336 e. The highest BCUT2D eigenvalue weighted by Crippen LogP contribution is 2.33. The van der Waals surface area contributed by atoms with Crippen LogP contribution in [0.4, 0.5) is 13.2 Å². The van der Waals surface area contributed by atoms with E-state index in [2.05, 4.69) is 15.2 Å². The number of halogens is 3. The van der Waals surface area contributed by atoms with Gasteiger partial charge in [-0.05, 0) is 23.6 Å². The third-order valence-electron chi connectivity index (χ3n) is 5.53. The van der Waals surface area contributed by atoms with Crippen LogP contribution in [0.5, 0.6) is 0 Å². The summed E-state index contributed by atoms with van der Waals surface area (Å²) in [5.41, 5.74) is 1.33. The molecule has 0 saturated carbocycles. The molecule has 172 valence electrons. The monoisotopic (exact) mass is 456 g/mol. The van der Waals surface area contributed by atoms with E-state index in [0.29, 0.717) is 10.1 Å². The summed E-state index contributed by atoms with van der Waals surface area (Å²) >= 11 is 0. The van der Waals surface area contributed by atoms with E-state index in [4.69, 9.17) is 0 Å². The van der Waals surface area contributed by atoms with Gasteiger partial charge in [-0.25, -0.2) is 9.50 Å². The predicted molar refractivity (Wildman–Crippen MR) is 117 cm³/mol. The van der Waals surface area contributed by atoms with Gasteiger partial charge in [0.05, 0.1) is 24.1 Å². The van der Waals surface area contributed by atoms with Gasteiger partial charge in [0.2, 0.25) is 0 Å². The molecule has 1 aromatic carbocycles. The second-order valence-electron chi connectivity index (χ2n) is 8.20. The van der Waals surface area contributed by atoms with Crippen LogP contribution >= 0.6 is 0 Å². The molecule has 3 heterocycles. The average Bonchev–Trinajstić information content (AvgIpc) is 3.37. The lowest BCUT2D eigenvalue weighted by Gasteiger charge is -2.17. The third kappa shape index (κ3) is 4.33. The number of carbonyl (C=O) groups excluding carboxylic acids is 1. The standard InChI is InChI=1S/C23H23F3N6O/c1-14(2)15-5-7-16(8-6-15)19-11-20(23(24,25)26)32-21(29-19)18(12-28-32)22(33)30(3)13-17-9-10-27-31(17)4/h5-12,14H,13H2,1-4H3. The minimum absolute atomic E-state index is 0.00850. The number of fused-ring (bicyclic) bond motifs is 1. The van der Waals surface area contributed by atoms with Crippen molar-refractivity contribution in [3.05, 3.63) is 71.3 Å². The van der Waals surface area contributed by atoms with Gasteiger partial charge >= 0.3 is 6.18 Å². The first-order chi connectivity index (χ1) is 15.6. The second kappa shape index (κ2) is 8.34. The fourth-order valence-electron chi connectivity index (χ4n) is 3.58. The molecule has 0 spiro atoms. The van der Waals surface area contributed by atoms with Crippen LogP contribution in [0.15, 0.2) is 48.8 Å². The summed E-state index contributed by atoms with van der Waals surface area (Å²) in [4.78, 5) is 18.9. The number of hydrogen-bond acceptors (Lipinski definition) is 4. The maximum Gasteiger partial charge on any atom is 0.433 e. The van der Waals surface area contributed by atoms with Crippen molar-refractivity contribution in [2.45, 2.75) is 32.5 Å². The number of aromatic nitrogens is 5. The summed E-state index contributed by atoms with van der Waals surface area (Å²) in [6.45, 7) is 4.30. The molecule has 1 amide bonds. The molecule has 0 atom stereocenters. The summed E-state index contributed by atoms with van der Waals surface area (Å²) < 4.78 is 43.9. The fourth-order valence-corrected chi connectivity index (χ4v) is 3.58. The Bertz CT molecular complexity index is 1300. The van der Waals surface area contributed by atoms with E-state index in [1.165, 1.54) is 4.90 Å². The van der Waals surface area contributed by atoms with Gasteiger partial charge in [-0.1, -0.05) is 38.1 Å². The molecule has 33 heavy (non-hydrogen) atoms. The molecular weight excluding hydrogens is 433 g/mol. The molecule has 0 bridgehead atoms. The van der Waals surface area contributed by atoms with Gasteiger partial charge in [0, 0.05) is 25.9 Å². The Morgan fingerprint density at radius 2 is 1.82 bits per heavy atom. The van der Waals surface area contributed by atoms with Crippen molar-refractivity contribution in [3.63, 3.8) is 0 Å². The van der Waals surface area contributed by atoms with Gasteiger partial charge < -0.3 is 4.90 Å². The van der Waals surface area contributed by atoms with Gasteiger partial charge in [-0.2, -0.15) is 23.4 Å². The first-order valence-electron chi connectivity index (χ1n) is 10.3. The molecule has 0 radical (unpaired) electrons. The van der Waals surface area contributed by atoms with E-state index in [9.17, 15) is 18.0 Å². The largest absolute Gasteiger partial charge is 0.433 e. The number of benzene rings is 1. The fraction of sp³-hybridized carbons (Fsp3) is 0.304. The summed E-state index contributed by atoms with van der Waals surface area (Å²) in [7, 11) is 3.31.